The summed E-state index contributed by atoms with van der Waals surface area (Å²) in [6.45, 7) is 0.641. The first-order valence-electron chi connectivity index (χ1n) is 6.21. The molecule has 0 atom stereocenters. The lowest BCUT2D eigenvalue weighted by atomic mass is 10.2. The van der Waals surface area contributed by atoms with Crippen LogP contribution in [0.5, 0.6) is 0 Å². The van der Waals surface area contributed by atoms with E-state index in [0.29, 0.717) is 12.2 Å². The van der Waals surface area contributed by atoms with E-state index in [4.69, 9.17) is 0 Å². The molecule has 2 aromatic heterocycles. The summed E-state index contributed by atoms with van der Waals surface area (Å²) in [7, 11) is -3.59. The molecular formula is C13H13N5O2S. The first-order chi connectivity index (χ1) is 10.1. The van der Waals surface area contributed by atoms with Gasteiger partial charge in [0.25, 0.3) is 10.0 Å². The fraction of sp³-hybridized carbons (Fsp3) is 0.0769. The Labute approximate surface area is 121 Å². The number of sulfonamides is 1. The quantitative estimate of drug-likeness (QED) is 0.746. The smallest absolute Gasteiger partial charge is 0.265 e. The molecule has 0 fully saturated rings. The fourth-order valence-electron chi connectivity index (χ4n) is 1.86. The van der Waals surface area contributed by atoms with Crippen LogP contribution in [-0.4, -0.2) is 28.4 Å². The minimum absolute atomic E-state index is 0.100. The average molecular weight is 303 g/mol. The van der Waals surface area contributed by atoms with E-state index < -0.39 is 10.0 Å². The predicted molar refractivity (Wildman–Crippen MR) is 77.2 cm³/mol. The molecule has 7 nitrogen and oxygen atoms in total. The van der Waals surface area contributed by atoms with Crippen molar-refractivity contribution in [1.82, 2.24) is 20.0 Å². The first-order valence-corrected chi connectivity index (χ1v) is 7.70. The third-order valence-electron chi connectivity index (χ3n) is 2.89. The zero-order chi connectivity index (χ0) is 14.7. The van der Waals surface area contributed by atoms with Gasteiger partial charge in [-0.2, -0.15) is 10.2 Å². The summed E-state index contributed by atoms with van der Waals surface area (Å²) in [6, 6.07) is 9.00. The molecule has 2 heterocycles. The third kappa shape index (κ3) is 3.11. The van der Waals surface area contributed by atoms with Crippen LogP contribution in [0.25, 0.3) is 0 Å². The van der Waals surface area contributed by atoms with Gasteiger partial charge in [-0.15, -0.1) is 0 Å². The fourth-order valence-corrected chi connectivity index (χ4v) is 2.82. The van der Waals surface area contributed by atoms with Crippen LogP contribution >= 0.6 is 0 Å². The summed E-state index contributed by atoms with van der Waals surface area (Å²) in [5.41, 5.74) is 1.53. The van der Waals surface area contributed by atoms with E-state index in [1.54, 1.807) is 23.0 Å². The van der Waals surface area contributed by atoms with Crippen molar-refractivity contribution < 1.29 is 8.42 Å². The number of nitrogens with one attached hydrogen (secondary N) is 2. The van der Waals surface area contributed by atoms with Gasteiger partial charge >= 0.3 is 0 Å². The van der Waals surface area contributed by atoms with E-state index in [1.165, 1.54) is 12.4 Å². The lowest BCUT2D eigenvalue weighted by Gasteiger charge is -2.07. The Morgan fingerprint density at radius 1 is 1.24 bits per heavy atom. The van der Waals surface area contributed by atoms with Crippen molar-refractivity contribution in [2.75, 3.05) is 4.72 Å². The Morgan fingerprint density at radius 3 is 2.67 bits per heavy atom. The molecule has 0 unspecified atom stereocenters. The highest BCUT2D eigenvalue weighted by Crippen LogP contribution is 2.16. The lowest BCUT2D eigenvalue weighted by molar-refractivity contribution is 0.601. The number of benzene rings is 1. The van der Waals surface area contributed by atoms with Crippen LogP contribution in [0.2, 0.25) is 0 Å². The maximum absolute atomic E-state index is 12.0. The molecule has 21 heavy (non-hydrogen) atoms. The number of aromatic nitrogens is 4. The topological polar surface area (TPSA) is 92.7 Å². The monoisotopic (exact) mass is 303 g/mol. The summed E-state index contributed by atoms with van der Waals surface area (Å²) in [5, 5.41) is 10.2. The summed E-state index contributed by atoms with van der Waals surface area (Å²) >= 11 is 0. The molecule has 8 heteroatoms. The number of anilines is 1. The molecule has 0 saturated carbocycles. The van der Waals surface area contributed by atoms with Gasteiger partial charge in [-0.05, 0) is 23.8 Å². The van der Waals surface area contributed by atoms with Crippen molar-refractivity contribution in [2.45, 2.75) is 11.4 Å². The number of hydrogen-bond donors (Lipinski definition) is 2. The van der Waals surface area contributed by atoms with E-state index in [0.717, 1.165) is 5.56 Å². The molecular weight excluding hydrogens is 290 g/mol. The van der Waals surface area contributed by atoms with Gasteiger partial charge in [0.15, 0.2) is 0 Å². The first kappa shape index (κ1) is 13.4. The van der Waals surface area contributed by atoms with Crippen molar-refractivity contribution in [3.8, 4) is 0 Å². The molecule has 0 spiro atoms. The van der Waals surface area contributed by atoms with Crippen LogP contribution in [-0.2, 0) is 16.6 Å². The van der Waals surface area contributed by atoms with Crippen molar-refractivity contribution in [1.29, 1.82) is 0 Å². The van der Waals surface area contributed by atoms with E-state index in [1.807, 2.05) is 24.4 Å². The maximum Gasteiger partial charge on any atom is 0.265 e. The summed E-state index contributed by atoms with van der Waals surface area (Å²) in [5.74, 6) is 0. The van der Waals surface area contributed by atoms with Gasteiger partial charge in [-0.1, -0.05) is 12.1 Å². The second-order valence-corrected chi connectivity index (χ2v) is 6.12. The summed E-state index contributed by atoms with van der Waals surface area (Å²) < 4.78 is 28.3. The Balaban J connectivity index is 1.73. The third-order valence-corrected chi connectivity index (χ3v) is 4.24. The number of aromatic amines is 1. The minimum Gasteiger partial charge on any atom is -0.284 e. The van der Waals surface area contributed by atoms with Crippen LogP contribution in [0.15, 0.2) is 60.0 Å². The molecule has 0 radical (unpaired) electrons. The highest BCUT2D eigenvalue weighted by atomic mass is 32.2. The number of hydrogen-bond acceptors (Lipinski definition) is 4. The average Bonchev–Trinajstić information content (AvgIpc) is 3.13. The van der Waals surface area contributed by atoms with Gasteiger partial charge in [0.05, 0.1) is 12.7 Å². The standard InChI is InChI=1S/C13H13N5O2S/c19-21(20,13-8-14-15-9-13)17-12-4-2-11(3-5-12)10-18-7-1-6-16-18/h1-9,17H,10H2,(H,14,15). The zero-order valence-electron chi connectivity index (χ0n) is 11.0. The Kier molecular flexibility index (Phi) is 3.44. The minimum atomic E-state index is -3.59. The maximum atomic E-state index is 12.0. The molecule has 3 aromatic rings. The van der Waals surface area contributed by atoms with E-state index in [2.05, 4.69) is 20.0 Å². The van der Waals surface area contributed by atoms with Crippen LogP contribution in [0, 0.1) is 0 Å². The Morgan fingerprint density at radius 2 is 2.05 bits per heavy atom. The number of rotatable bonds is 5. The van der Waals surface area contributed by atoms with Crippen LogP contribution < -0.4 is 4.72 Å². The van der Waals surface area contributed by atoms with Crippen LogP contribution in [0.3, 0.4) is 0 Å². The van der Waals surface area contributed by atoms with Crippen LogP contribution in [0.4, 0.5) is 5.69 Å². The van der Waals surface area contributed by atoms with E-state index in [-0.39, 0.29) is 4.90 Å². The second kappa shape index (κ2) is 5.41. The van der Waals surface area contributed by atoms with Crippen molar-refractivity contribution >= 4 is 15.7 Å². The van der Waals surface area contributed by atoms with Crippen molar-refractivity contribution in [2.24, 2.45) is 0 Å². The molecule has 0 amide bonds. The predicted octanol–water partition coefficient (Wildman–Crippen LogP) is 1.46. The molecule has 0 aliphatic carbocycles. The second-order valence-electron chi connectivity index (χ2n) is 4.44. The van der Waals surface area contributed by atoms with Gasteiger partial charge in [0, 0.05) is 24.3 Å². The van der Waals surface area contributed by atoms with Gasteiger partial charge in [0.1, 0.15) is 4.90 Å². The van der Waals surface area contributed by atoms with Gasteiger partial charge < -0.3 is 0 Å². The molecule has 1 aromatic carbocycles. The molecule has 0 aliphatic rings. The SMILES string of the molecule is O=S(=O)(Nc1ccc(Cn2cccn2)cc1)c1cn[nH]c1. The van der Waals surface area contributed by atoms with Gasteiger partial charge in [0.2, 0.25) is 0 Å². The largest absolute Gasteiger partial charge is 0.284 e. The summed E-state index contributed by atoms with van der Waals surface area (Å²) in [6.07, 6.45) is 6.17. The molecule has 0 saturated heterocycles. The lowest BCUT2D eigenvalue weighted by Crippen LogP contribution is -2.12. The van der Waals surface area contributed by atoms with Crippen molar-refractivity contribution in [3.05, 3.63) is 60.7 Å². The number of H-pyrrole nitrogens is 1. The van der Waals surface area contributed by atoms with Gasteiger partial charge in [-0.25, -0.2) is 8.42 Å². The molecule has 108 valence electrons. The summed E-state index contributed by atoms with van der Waals surface area (Å²) in [4.78, 5) is 0.100. The highest BCUT2D eigenvalue weighted by molar-refractivity contribution is 7.92. The molecule has 2 N–H and O–H groups in total. The van der Waals surface area contributed by atoms with E-state index in [9.17, 15) is 8.42 Å². The zero-order valence-corrected chi connectivity index (χ0v) is 11.8. The van der Waals surface area contributed by atoms with Gasteiger partial charge in [-0.3, -0.25) is 14.5 Å². The van der Waals surface area contributed by atoms with E-state index >= 15 is 0 Å². The molecule has 3 rings (SSSR count). The Bertz CT molecular complexity index is 793. The number of nitrogens with zero attached hydrogens (tertiary/aromatic N) is 3. The van der Waals surface area contributed by atoms with Crippen molar-refractivity contribution in [3.63, 3.8) is 0 Å². The molecule has 0 bridgehead atoms. The molecule has 0 aliphatic heterocycles. The highest BCUT2D eigenvalue weighted by Gasteiger charge is 2.14. The Hall–Kier alpha value is -2.61. The van der Waals surface area contributed by atoms with Crippen LogP contribution in [0.1, 0.15) is 5.56 Å². The normalized spacial score (nSPS) is 11.4.